The lowest BCUT2D eigenvalue weighted by molar-refractivity contribution is -0.0771. The van der Waals surface area contributed by atoms with Crippen LogP contribution >= 0.6 is 23.7 Å². The van der Waals surface area contributed by atoms with E-state index in [2.05, 4.69) is 10.6 Å². The molecule has 0 bridgehead atoms. The van der Waals surface area contributed by atoms with Gasteiger partial charge in [-0.1, -0.05) is 0 Å². The number of carbonyl (C=O) groups is 1. The van der Waals surface area contributed by atoms with Crippen molar-refractivity contribution in [3.05, 3.63) is 21.4 Å². The fourth-order valence-corrected chi connectivity index (χ4v) is 7.32. The van der Waals surface area contributed by atoms with Crippen LogP contribution in [-0.2, 0) is 31.3 Å². The number of piperidine rings is 1. The molecule has 4 rings (SSSR count). The van der Waals surface area contributed by atoms with Gasteiger partial charge in [-0.25, -0.2) is 8.42 Å². The van der Waals surface area contributed by atoms with Crippen molar-refractivity contribution in [1.82, 2.24) is 10.6 Å². The molecule has 152 valence electrons. The van der Waals surface area contributed by atoms with Crippen LogP contribution in [0.4, 0.5) is 0 Å². The van der Waals surface area contributed by atoms with E-state index < -0.39 is 22.0 Å². The van der Waals surface area contributed by atoms with Gasteiger partial charge < -0.3 is 20.1 Å². The Kier molecular flexibility index (Phi) is 6.20. The molecule has 0 saturated carbocycles. The standard InChI is InChI=1S/C17H24N2O5S2.ClH/c1-23-13-10-26(21,22)9-12(13)19-16(20)14-8-11-2-7-24-17(15(11)25-14)3-5-18-6-4-17;/h8,12-13,18H,2-7,9-10H2,1H3,(H,19,20);1H/t12-,13-;/m1./s1. The molecule has 2 fully saturated rings. The summed E-state index contributed by atoms with van der Waals surface area (Å²) < 4.78 is 35.1. The van der Waals surface area contributed by atoms with E-state index in [0.717, 1.165) is 37.2 Å². The quantitative estimate of drug-likeness (QED) is 0.730. The fourth-order valence-electron chi connectivity index (χ4n) is 4.16. The molecule has 27 heavy (non-hydrogen) atoms. The summed E-state index contributed by atoms with van der Waals surface area (Å²) in [6.45, 7) is 2.50. The molecule has 2 N–H and O–H groups in total. The van der Waals surface area contributed by atoms with Gasteiger partial charge in [0.25, 0.3) is 5.91 Å². The Morgan fingerprint density at radius 3 is 2.81 bits per heavy atom. The zero-order valence-electron chi connectivity index (χ0n) is 15.2. The number of hydrogen-bond donors (Lipinski definition) is 2. The molecule has 4 heterocycles. The molecule has 1 spiro atoms. The lowest BCUT2D eigenvalue weighted by Gasteiger charge is -2.40. The van der Waals surface area contributed by atoms with E-state index in [4.69, 9.17) is 9.47 Å². The molecule has 0 aliphatic carbocycles. The number of carbonyl (C=O) groups excluding carboxylic acids is 1. The maximum absolute atomic E-state index is 12.8. The average Bonchev–Trinajstić information content (AvgIpc) is 3.17. The van der Waals surface area contributed by atoms with Crippen molar-refractivity contribution in [3.63, 3.8) is 0 Å². The molecule has 3 aliphatic rings. The number of halogens is 1. The van der Waals surface area contributed by atoms with Crippen molar-refractivity contribution in [3.8, 4) is 0 Å². The second-order valence-electron chi connectivity index (χ2n) is 7.24. The number of rotatable bonds is 3. The Balaban J connectivity index is 0.00000210. The van der Waals surface area contributed by atoms with Gasteiger partial charge in [-0.15, -0.1) is 23.7 Å². The summed E-state index contributed by atoms with van der Waals surface area (Å²) in [6.07, 6.45) is 2.15. The highest BCUT2D eigenvalue weighted by atomic mass is 35.5. The maximum Gasteiger partial charge on any atom is 0.261 e. The van der Waals surface area contributed by atoms with Crippen LogP contribution in [0.3, 0.4) is 0 Å². The van der Waals surface area contributed by atoms with Crippen molar-refractivity contribution < 1.29 is 22.7 Å². The molecular weight excluding hydrogens is 412 g/mol. The van der Waals surface area contributed by atoms with Gasteiger partial charge in [0.05, 0.1) is 35.1 Å². The third kappa shape index (κ3) is 4.04. The summed E-state index contributed by atoms with van der Waals surface area (Å²) in [5.41, 5.74) is 0.920. The number of hydrogen-bond acceptors (Lipinski definition) is 7. The highest BCUT2D eigenvalue weighted by Crippen LogP contribution is 2.44. The van der Waals surface area contributed by atoms with Gasteiger partial charge in [0, 0.05) is 12.0 Å². The molecule has 0 aromatic carbocycles. The second-order valence-corrected chi connectivity index (χ2v) is 10.4. The zero-order chi connectivity index (χ0) is 18.4. The minimum Gasteiger partial charge on any atom is -0.378 e. The summed E-state index contributed by atoms with van der Waals surface area (Å²) in [6, 6.07) is 1.45. The first-order valence-corrected chi connectivity index (χ1v) is 11.6. The van der Waals surface area contributed by atoms with E-state index in [9.17, 15) is 13.2 Å². The van der Waals surface area contributed by atoms with Gasteiger partial charge in [-0.3, -0.25) is 4.79 Å². The summed E-state index contributed by atoms with van der Waals surface area (Å²) in [5.74, 6) is -0.335. The molecule has 0 radical (unpaired) electrons. The molecule has 1 amide bonds. The Morgan fingerprint density at radius 2 is 2.11 bits per heavy atom. The number of sulfone groups is 1. The van der Waals surface area contributed by atoms with E-state index in [1.54, 1.807) is 0 Å². The molecule has 0 unspecified atom stereocenters. The zero-order valence-corrected chi connectivity index (χ0v) is 17.6. The van der Waals surface area contributed by atoms with Crippen LogP contribution in [0.1, 0.15) is 33.0 Å². The lowest BCUT2D eigenvalue weighted by atomic mass is 9.86. The number of ether oxygens (including phenoxy) is 2. The number of fused-ring (bicyclic) bond motifs is 2. The summed E-state index contributed by atoms with van der Waals surface area (Å²) >= 11 is 1.49. The topological polar surface area (TPSA) is 93.7 Å². The normalized spacial score (nSPS) is 28.3. The third-order valence-electron chi connectivity index (χ3n) is 5.53. The Hall–Kier alpha value is -0.710. The third-order valence-corrected chi connectivity index (χ3v) is 8.59. The van der Waals surface area contributed by atoms with E-state index in [1.807, 2.05) is 6.07 Å². The van der Waals surface area contributed by atoms with Crippen LogP contribution < -0.4 is 10.6 Å². The number of methoxy groups -OCH3 is 1. The van der Waals surface area contributed by atoms with Crippen molar-refractivity contribution >= 4 is 39.5 Å². The van der Waals surface area contributed by atoms with E-state index in [0.29, 0.717) is 11.5 Å². The highest BCUT2D eigenvalue weighted by Gasteiger charge is 2.42. The van der Waals surface area contributed by atoms with Crippen molar-refractivity contribution in [2.24, 2.45) is 0 Å². The van der Waals surface area contributed by atoms with Crippen LogP contribution in [0.25, 0.3) is 0 Å². The van der Waals surface area contributed by atoms with E-state index in [1.165, 1.54) is 24.0 Å². The largest absolute Gasteiger partial charge is 0.378 e. The predicted molar refractivity (Wildman–Crippen MR) is 106 cm³/mol. The van der Waals surface area contributed by atoms with Crippen LogP contribution in [0.15, 0.2) is 6.07 Å². The second kappa shape index (κ2) is 7.96. The number of thiophene rings is 1. The molecule has 2 saturated heterocycles. The summed E-state index contributed by atoms with van der Waals surface area (Å²) in [7, 11) is -1.69. The Morgan fingerprint density at radius 1 is 1.37 bits per heavy atom. The highest BCUT2D eigenvalue weighted by molar-refractivity contribution is 7.91. The van der Waals surface area contributed by atoms with Crippen LogP contribution in [0, 0.1) is 0 Å². The minimum atomic E-state index is -3.17. The van der Waals surface area contributed by atoms with Crippen molar-refractivity contribution in [2.45, 2.75) is 37.0 Å². The van der Waals surface area contributed by atoms with Gasteiger partial charge in [0.15, 0.2) is 9.84 Å². The van der Waals surface area contributed by atoms with Crippen LogP contribution in [0.5, 0.6) is 0 Å². The van der Waals surface area contributed by atoms with Crippen LogP contribution in [0.2, 0.25) is 0 Å². The molecule has 2 atom stereocenters. The summed E-state index contributed by atoms with van der Waals surface area (Å²) in [4.78, 5) is 14.5. The number of amides is 1. The smallest absolute Gasteiger partial charge is 0.261 e. The van der Waals surface area contributed by atoms with Crippen molar-refractivity contribution in [1.29, 1.82) is 0 Å². The number of nitrogens with one attached hydrogen (secondary N) is 2. The Labute approximate surface area is 169 Å². The molecular formula is C17H25ClN2O5S2. The molecule has 3 aliphatic heterocycles. The minimum absolute atomic E-state index is 0. The summed E-state index contributed by atoms with van der Waals surface area (Å²) in [5, 5.41) is 6.22. The molecule has 1 aromatic heterocycles. The van der Waals surface area contributed by atoms with Gasteiger partial charge >= 0.3 is 0 Å². The SMILES string of the molecule is CO[C@@H]1CS(=O)(=O)C[C@H]1NC(=O)c1cc2c(s1)C1(CCNCC1)OCC2.Cl. The monoisotopic (exact) mass is 436 g/mol. The van der Waals surface area contributed by atoms with Gasteiger partial charge in [-0.05, 0) is 44.0 Å². The van der Waals surface area contributed by atoms with Crippen LogP contribution in [-0.4, -0.2) is 64.8 Å². The Bertz CT molecular complexity index is 804. The predicted octanol–water partition coefficient (Wildman–Crippen LogP) is 0.863. The molecule has 10 heteroatoms. The first kappa shape index (κ1) is 21.0. The van der Waals surface area contributed by atoms with E-state index in [-0.39, 0.29) is 35.4 Å². The molecule has 1 aromatic rings. The van der Waals surface area contributed by atoms with Gasteiger partial charge in [0.1, 0.15) is 5.60 Å². The first-order valence-electron chi connectivity index (χ1n) is 8.94. The first-order chi connectivity index (χ1) is 12.4. The van der Waals surface area contributed by atoms with Gasteiger partial charge in [-0.2, -0.15) is 0 Å². The maximum atomic E-state index is 12.8. The lowest BCUT2D eigenvalue weighted by Crippen LogP contribution is -2.44. The van der Waals surface area contributed by atoms with Crippen molar-refractivity contribution in [2.75, 3.05) is 38.3 Å². The molecule has 7 nitrogen and oxygen atoms in total. The average molecular weight is 437 g/mol. The van der Waals surface area contributed by atoms with E-state index >= 15 is 0 Å². The fraction of sp³-hybridized carbons (Fsp3) is 0.706. The van der Waals surface area contributed by atoms with Gasteiger partial charge in [0.2, 0.25) is 0 Å².